The van der Waals surface area contributed by atoms with Gasteiger partial charge in [0.2, 0.25) is 17.7 Å². The van der Waals surface area contributed by atoms with Gasteiger partial charge in [-0.25, -0.2) is 4.98 Å². The van der Waals surface area contributed by atoms with Crippen LogP contribution in [0.1, 0.15) is 6.92 Å². The zero-order valence-electron chi connectivity index (χ0n) is 8.14. The van der Waals surface area contributed by atoms with Gasteiger partial charge in [-0.15, -0.1) is 0 Å². The fraction of sp³-hybridized carbons (Fsp3) is 0.250. The third-order valence-electron chi connectivity index (χ3n) is 1.65. The smallest absolute Gasteiger partial charge is 0.255 e. The minimum atomic E-state index is -0.268. The van der Waals surface area contributed by atoms with Crippen molar-refractivity contribution in [2.75, 3.05) is 12.4 Å². The molecule has 0 fully saturated rings. The minimum Gasteiger partial charge on any atom is -0.479 e. The lowest BCUT2D eigenvalue weighted by atomic mass is 10.5. The predicted octanol–water partition coefficient (Wildman–Crippen LogP) is 0.585. The molecule has 2 aromatic heterocycles. The number of hydrogen-bond acceptors (Lipinski definition) is 6. The second-order valence-corrected chi connectivity index (χ2v) is 2.74. The van der Waals surface area contributed by atoms with E-state index in [0.29, 0.717) is 5.52 Å². The largest absolute Gasteiger partial charge is 0.479 e. The van der Waals surface area contributed by atoms with Crippen molar-refractivity contribution in [1.29, 1.82) is 0 Å². The average Bonchev–Trinajstić information content (AvgIpc) is 2.63. The second kappa shape index (κ2) is 3.52. The Balaban J connectivity index is 2.53. The standard InChI is InChI=1S/C8H8N4O3/c1-4(13)10-8-11-6(14-2)5-7(12-8)15-3-9-5/h3H,1-2H3,(H,10,11,12,13). The molecular weight excluding hydrogens is 200 g/mol. The van der Waals surface area contributed by atoms with Crippen LogP contribution in [0.15, 0.2) is 10.8 Å². The molecule has 2 heterocycles. The molecule has 1 amide bonds. The highest BCUT2D eigenvalue weighted by Gasteiger charge is 2.12. The normalized spacial score (nSPS) is 10.3. The molecule has 0 aliphatic carbocycles. The summed E-state index contributed by atoms with van der Waals surface area (Å²) >= 11 is 0. The van der Waals surface area contributed by atoms with Gasteiger partial charge in [0.05, 0.1) is 7.11 Å². The number of oxazole rings is 1. The van der Waals surface area contributed by atoms with E-state index in [1.807, 2.05) is 0 Å². The highest BCUT2D eigenvalue weighted by molar-refractivity contribution is 5.88. The van der Waals surface area contributed by atoms with E-state index >= 15 is 0 Å². The Morgan fingerprint density at radius 1 is 1.53 bits per heavy atom. The number of amides is 1. The number of nitrogens with zero attached hydrogens (tertiary/aromatic N) is 3. The summed E-state index contributed by atoms with van der Waals surface area (Å²) < 4.78 is 9.97. The van der Waals surface area contributed by atoms with Crippen LogP contribution in [0.25, 0.3) is 11.2 Å². The topological polar surface area (TPSA) is 90.1 Å². The molecule has 0 unspecified atom stereocenters. The van der Waals surface area contributed by atoms with Gasteiger partial charge < -0.3 is 9.15 Å². The molecular formula is C8H8N4O3. The average molecular weight is 208 g/mol. The van der Waals surface area contributed by atoms with Crippen LogP contribution in [-0.4, -0.2) is 28.0 Å². The summed E-state index contributed by atoms with van der Waals surface area (Å²) in [6, 6.07) is 0. The Morgan fingerprint density at radius 3 is 3.00 bits per heavy atom. The maximum atomic E-state index is 10.8. The van der Waals surface area contributed by atoms with Crippen LogP contribution in [0.3, 0.4) is 0 Å². The van der Waals surface area contributed by atoms with Gasteiger partial charge in [-0.3, -0.25) is 10.1 Å². The third kappa shape index (κ3) is 1.71. The van der Waals surface area contributed by atoms with Crippen LogP contribution in [0, 0.1) is 0 Å². The number of rotatable bonds is 2. The molecule has 7 nitrogen and oxygen atoms in total. The van der Waals surface area contributed by atoms with E-state index in [1.165, 1.54) is 20.4 Å². The fourth-order valence-corrected chi connectivity index (χ4v) is 1.09. The van der Waals surface area contributed by atoms with Crippen molar-refractivity contribution in [2.45, 2.75) is 6.92 Å². The first-order valence-electron chi connectivity index (χ1n) is 4.13. The molecule has 0 saturated heterocycles. The lowest BCUT2D eigenvalue weighted by Gasteiger charge is -2.02. The molecule has 1 N–H and O–H groups in total. The lowest BCUT2D eigenvalue weighted by molar-refractivity contribution is -0.114. The monoisotopic (exact) mass is 208 g/mol. The van der Waals surface area contributed by atoms with Crippen molar-refractivity contribution in [1.82, 2.24) is 15.0 Å². The first-order valence-corrected chi connectivity index (χ1v) is 4.13. The number of hydrogen-bond donors (Lipinski definition) is 1. The zero-order valence-corrected chi connectivity index (χ0v) is 8.14. The molecule has 78 valence electrons. The number of carbonyl (C=O) groups excluding carboxylic acids is 1. The molecule has 0 aromatic carbocycles. The molecule has 0 saturated carbocycles. The summed E-state index contributed by atoms with van der Waals surface area (Å²) in [6.45, 7) is 1.36. The Morgan fingerprint density at radius 2 is 2.33 bits per heavy atom. The molecule has 0 spiro atoms. The molecule has 0 atom stereocenters. The Labute approximate surface area is 84.5 Å². The van der Waals surface area contributed by atoms with E-state index in [4.69, 9.17) is 9.15 Å². The molecule has 0 radical (unpaired) electrons. The zero-order chi connectivity index (χ0) is 10.8. The molecule has 0 bridgehead atoms. The van der Waals surface area contributed by atoms with Gasteiger partial charge >= 0.3 is 0 Å². The highest BCUT2D eigenvalue weighted by atomic mass is 16.5. The maximum Gasteiger partial charge on any atom is 0.255 e. The van der Waals surface area contributed by atoms with E-state index < -0.39 is 0 Å². The minimum absolute atomic E-state index is 0.128. The van der Waals surface area contributed by atoms with E-state index in [9.17, 15) is 4.79 Å². The quantitative estimate of drug-likeness (QED) is 0.776. The number of aromatic nitrogens is 3. The molecule has 0 aliphatic heterocycles. The number of ether oxygens (including phenoxy) is 1. The van der Waals surface area contributed by atoms with Crippen LogP contribution in [0.4, 0.5) is 5.95 Å². The molecule has 2 rings (SSSR count). The summed E-state index contributed by atoms with van der Waals surface area (Å²) in [5.74, 6) is 0.122. The van der Waals surface area contributed by atoms with Gasteiger partial charge in [0.15, 0.2) is 11.9 Å². The highest BCUT2D eigenvalue weighted by Crippen LogP contribution is 2.21. The van der Waals surface area contributed by atoms with Gasteiger partial charge in [-0.05, 0) is 0 Å². The molecule has 0 aliphatic rings. The Kier molecular flexibility index (Phi) is 2.20. The van der Waals surface area contributed by atoms with Crippen molar-refractivity contribution in [2.24, 2.45) is 0 Å². The summed E-state index contributed by atoms with van der Waals surface area (Å²) in [4.78, 5) is 22.6. The predicted molar refractivity (Wildman–Crippen MR) is 50.5 cm³/mol. The van der Waals surface area contributed by atoms with Crippen molar-refractivity contribution >= 4 is 23.1 Å². The number of fused-ring (bicyclic) bond motifs is 1. The first-order chi connectivity index (χ1) is 7.20. The fourth-order valence-electron chi connectivity index (χ4n) is 1.09. The second-order valence-electron chi connectivity index (χ2n) is 2.74. The summed E-state index contributed by atoms with van der Waals surface area (Å²) in [5.41, 5.74) is 0.692. The third-order valence-corrected chi connectivity index (χ3v) is 1.65. The van der Waals surface area contributed by atoms with Crippen molar-refractivity contribution in [3.05, 3.63) is 6.39 Å². The number of methoxy groups -OCH3 is 1. The molecule has 7 heteroatoms. The SMILES string of the molecule is COc1nc(NC(C)=O)nc2ocnc12. The van der Waals surface area contributed by atoms with E-state index in [-0.39, 0.29) is 23.4 Å². The lowest BCUT2D eigenvalue weighted by Crippen LogP contribution is -2.09. The first kappa shape index (κ1) is 9.38. The van der Waals surface area contributed by atoms with Crippen molar-refractivity contribution in [3.8, 4) is 5.88 Å². The molecule has 15 heavy (non-hydrogen) atoms. The summed E-state index contributed by atoms with van der Waals surface area (Å²) in [5, 5.41) is 2.43. The van der Waals surface area contributed by atoms with Crippen LogP contribution in [0.5, 0.6) is 5.88 Å². The van der Waals surface area contributed by atoms with E-state index in [1.54, 1.807) is 0 Å². The van der Waals surface area contributed by atoms with Crippen LogP contribution < -0.4 is 10.1 Å². The van der Waals surface area contributed by atoms with Gasteiger partial charge in [0, 0.05) is 6.92 Å². The van der Waals surface area contributed by atoms with Crippen LogP contribution >= 0.6 is 0 Å². The van der Waals surface area contributed by atoms with Crippen LogP contribution in [-0.2, 0) is 4.79 Å². The van der Waals surface area contributed by atoms with Gasteiger partial charge in [-0.1, -0.05) is 0 Å². The summed E-state index contributed by atoms with van der Waals surface area (Å²) in [7, 11) is 1.45. The Bertz CT molecular complexity index is 508. The van der Waals surface area contributed by atoms with E-state index in [2.05, 4.69) is 20.3 Å². The van der Waals surface area contributed by atoms with E-state index in [0.717, 1.165) is 0 Å². The number of anilines is 1. The van der Waals surface area contributed by atoms with Crippen molar-refractivity contribution in [3.63, 3.8) is 0 Å². The van der Waals surface area contributed by atoms with Gasteiger partial charge in [0.1, 0.15) is 0 Å². The van der Waals surface area contributed by atoms with Crippen LogP contribution in [0.2, 0.25) is 0 Å². The van der Waals surface area contributed by atoms with Gasteiger partial charge in [0.25, 0.3) is 5.71 Å². The number of carbonyl (C=O) groups is 1. The molecule has 2 aromatic rings. The van der Waals surface area contributed by atoms with Crippen molar-refractivity contribution < 1.29 is 13.9 Å². The Hall–Kier alpha value is -2.18. The summed E-state index contributed by atoms with van der Waals surface area (Å²) in [6.07, 6.45) is 1.24. The maximum absolute atomic E-state index is 10.8. The van der Waals surface area contributed by atoms with Gasteiger partial charge in [-0.2, -0.15) is 9.97 Å². The number of nitrogens with one attached hydrogen (secondary N) is 1.